The quantitative estimate of drug-likeness (QED) is 0.459. The first-order chi connectivity index (χ1) is 16.3. The van der Waals surface area contributed by atoms with Gasteiger partial charge in [-0.05, 0) is 43.9 Å². The molecule has 3 heterocycles. The van der Waals surface area contributed by atoms with E-state index in [9.17, 15) is 19.5 Å². The summed E-state index contributed by atoms with van der Waals surface area (Å²) >= 11 is 1.71. The van der Waals surface area contributed by atoms with Crippen LogP contribution >= 0.6 is 11.8 Å². The molecule has 34 heavy (non-hydrogen) atoms. The number of hydrogen-bond donors (Lipinski definition) is 3. The zero-order valence-corrected chi connectivity index (χ0v) is 22.0. The van der Waals surface area contributed by atoms with Gasteiger partial charge < -0.3 is 20.6 Å². The van der Waals surface area contributed by atoms with Gasteiger partial charge in [0.25, 0.3) is 0 Å². The zero-order valence-electron chi connectivity index (χ0n) is 21.2. The molecule has 3 aliphatic heterocycles. The minimum atomic E-state index is -0.642. The van der Waals surface area contributed by atoms with Gasteiger partial charge in [0.1, 0.15) is 6.04 Å². The van der Waals surface area contributed by atoms with Gasteiger partial charge in [-0.2, -0.15) is 0 Å². The van der Waals surface area contributed by atoms with Gasteiger partial charge in [-0.3, -0.25) is 14.4 Å². The summed E-state index contributed by atoms with van der Waals surface area (Å²) in [5.41, 5.74) is 0. The number of likely N-dealkylation sites (tertiary alicyclic amines) is 1. The van der Waals surface area contributed by atoms with Gasteiger partial charge in [0.2, 0.25) is 17.7 Å². The molecule has 0 aromatic rings. The Hall–Kier alpha value is -1.28. The van der Waals surface area contributed by atoms with Gasteiger partial charge in [-0.15, -0.1) is 11.8 Å². The maximum Gasteiger partial charge on any atom is 0.244 e. The normalized spacial score (nSPS) is 36.1. The van der Waals surface area contributed by atoms with Crippen molar-refractivity contribution in [1.82, 2.24) is 15.5 Å². The van der Waals surface area contributed by atoms with Crippen molar-refractivity contribution in [2.45, 2.75) is 107 Å². The van der Waals surface area contributed by atoms with Crippen molar-refractivity contribution in [3.63, 3.8) is 0 Å². The highest BCUT2D eigenvalue weighted by Crippen LogP contribution is 2.68. The molecule has 3 amide bonds. The smallest absolute Gasteiger partial charge is 0.244 e. The van der Waals surface area contributed by atoms with E-state index in [1.165, 1.54) is 6.42 Å². The Bertz CT molecular complexity index is 786. The van der Waals surface area contributed by atoms with E-state index in [2.05, 4.69) is 31.4 Å². The van der Waals surface area contributed by atoms with Gasteiger partial charge in [0.05, 0.1) is 29.2 Å². The number of fused-ring (bicyclic) bond motifs is 1. The third kappa shape index (κ3) is 4.27. The number of amides is 3. The molecule has 0 aromatic carbocycles. The fourth-order valence-corrected chi connectivity index (χ4v) is 9.57. The first-order valence-electron chi connectivity index (χ1n) is 13.4. The summed E-state index contributed by atoms with van der Waals surface area (Å²) in [5, 5.41) is 16.7. The van der Waals surface area contributed by atoms with Crippen molar-refractivity contribution < 1.29 is 19.5 Å². The van der Waals surface area contributed by atoms with Crippen LogP contribution in [0.2, 0.25) is 0 Å². The largest absolute Gasteiger partial charge is 0.394 e. The number of nitrogens with zero attached hydrogens (tertiary/aromatic N) is 1. The number of hydrogen-bond acceptors (Lipinski definition) is 5. The van der Waals surface area contributed by atoms with Crippen LogP contribution in [0.5, 0.6) is 0 Å². The summed E-state index contributed by atoms with van der Waals surface area (Å²) in [6, 6.07) is -0.911. The molecule has 8 heteroatoms. The predicted molar refractivity (Wildman–Crippen MR) is 134 cm³/mol. The Morgan fingerprint density at radius 2 is 1.91 bits per heavy atom. The van der Waals surface area contributed by atoms with E-state index in [4.69, 9.17) is 0 Å². The average molecular weight is 494 g/mol. The zero-order chi connectivity index (χ0) is 24.6. The lowest BCUT2D eigenvalue weighted by molar-refractivity contribution is -0.143. The molecular weight excluding hydrogens is 450 g/mol. The second-order valence-electron chi connectivity index (χ2n) is 11.4. The van der Waals surface area contributed by atoms with Crippen LogP contribution in [-0.2, 0) is 14.4 Å². The third-order valence-corrected chi connectivity index (χ3v) is 10.7. The number of aliphatic hydroxyl groups excluding tert-OH is 1. The molecule has 0 radical (unpaired) electrons. The van der Waals surface area contributed by atoms with Crippen molar-refractivity contribution >= 4 is 29.5 Å². The van der Waals surface area contributed by atoms with E-state index in [0.29, 0.717) is 13.0 Å². The first-order valence-corrected chi connectivity index (χ1v) is 14.3. The standard InChI is InChI=1S/C26H43N3O4S/c1-5-11-27-23(31)20-19-13-16(4)26(34-19)21(20)25(33)29(18(14-30)12-15(2)3)22(26)24(32)28-17-9-7-6-8-10-17/h15-22,30H,5-14H2,1-4H3,(H,27,31)(H,28,32)/t16?,18-,19-,20+,21+,22?,26?/m1/s1. The van der Waals surface area contributed by atoms with Crippen LogP contribution in [0.25, 0.3) is 0 Å². The van der Waals surface area contributed by atoms with Gasteiger partial charge in [-0.1, -0.05) is 47.0 Å². The Labute approximate surface area is 208 Å². The second kappa shape index (κ2) is 10.4. The molecule has 2 bridgehead atoms. The van der Waals surface area contributed by atoms with Gasteiger partial charge in [-0.25, -0.2) is 0 Å². The van der Waals surface area contributed by atoms with Crippen LogP contribution in [0.15, 0.2) is 0 Å². The molecule has 4 rings (SSSR count). The van der Waals surface area contributed by atoms with Crippen molar-refractivity contribution in [2.24, 2.45) is 23.7 Å². The SMILES string of the molecule is CCCNC(=O)[C@@H]1[C@H]2C(=O)N([C@@H](CO)CC(C)C)C(C(=O)NC3CCCCC3)C23S[C@@H]1CC3C. The number of rotatable bonds is 9. The van der Waals surface area contributed by atoms with E-state index in [1.807, 2.05) is 6.92 Å². The molecule has 192 valence electrons. The third-order valence-electron chi connectivity index (χ3n) is 8.58. The Balaban J connectivity index is 1.71. The highest BCUT2D eigenvalue weighted by molar-refractivity contribution is 8.02. The highest BCUT2D eigenvalue weighted by atomic mass is 32.2. The number of nitrogens with one attached hydrogen (secondary N) is 2. The molecule has 3 saturated heterocycles. The number of thioether (sulfide) groups is 1. The molecule has 0 aromatic heterocycles. The fourth-order valence-electron chi connectivity index (χ4n) is 7.17. The summed E-state index contributed by atoms with van der Waals surface area (Å²) in [5.74, 6) is -0.738. The lowest BCUT2D eigenvalue weighted by atomic mass is 9.65. The lowest BCUT2D eigenvalue weighted by Gasteiger charge is -2.41. The molecule has 7 atom stereocenters. The van der Waals surface area contributed by atoms with Crippen molar-refractivity contribution in [3.05, 3.63) is 0 Å². The minimum Gasteiger partial charge on any atom is -0.394 e. The maximum absolute atomic E-state index is 14.1. The van der Waals surface area contributed by atoms with E-state index >= 15 is 0 Å². The lowest BCUT2D eigenvalue weighted by Crippen LogP contribution is -2.60. The van der Waals surface area contributed by atoms with Gasteiger partial charge in [0, 0.05) is 17.8 Å². The molecule has 1 saturated carbocycles. The number of carbonyl (C=O) groups excluding carboxylic acids is 3. The fraction of sp³-hybridized carbons (Fsp3) is 0.885. The Kier molecular flexibility index (Phi) is 7.87. The summed E-state index contributed by atoms with van der Waals surface area (Å²) in [7, 11) is 0. The van der Waals surface area contributed by atoms with Crippen LogP contribution in [0.3, 0.4) is 0 Å². The van der Waals surface area contributed by atoms with E-state index < -0.39 is 28.7 Å². The van der Waals surface area contributed by atoms with Gasteiger partial charge in [0.15, 0.2) is 0 Å². The van der Waals surface area contributed by atoms with Crippen LogP contribution in [0, 0.1) is 23.7 Å². The topological polar surface area (TPSA) is 98.7 Å². The van der Waals surface area contributed by atoms with Crippen LogP contribution < -0.4 is 10.6 Å². The monoisotopic (exact) mass is 493 g/mol. The van der Waals surface area contributed by atoms with Crippen LogP contribution in [0.1, 0.15) is 79.1 Å². The maximum atomic E-state index is 14.1. The first kappa shape index (κ1) is 25.8. The molecule has 7 nitrogen and oxygen atoms in total. The van der Waals surface area contributed by atoms with Crippen molar-refractivity contribution in [1.29, 1.82) is 0 Å². The molecule has 4 aliphatic rings. The molecule has 4 fully saturated rings. The molecule has 1 spiro atoms. The van der Waals surface area contributed by atoms with Gasteiger partial charge >= 0.3 is 0 Å². The van der Waals surface area contributed by atoms with E-state index in [0.717, 1.165) is 38.5 Å². The van der Waals surface area contributed by atoms with Crippen molar-refractivity contribution in [3.8, 4) is 0 Å². The predicted octanol–water partition coefficient (Wildman–Crippen LogP) is 2.71. The summed E-state index contributed by atoms with van der Waals surface area (Å²) < 4.78 is -0.612. The van der Waals surface area contributed by atoms with Crippen LogP contribution in [-0.4, -0.2) is 69.0 Å². The molecule has 3 N–H and O–H groups in total. The molecule has 3 unspecified atom stereocenters. The van der Waals surface area contributed by atoms with Crippen LogP contribution in [0.4, 0.5) is 0 Å². The Morgan fingerprint density at radius 3 is 2.53 bits per heavy atom. The van der Waals surface area contributed by atoms with E-state index in [1.54, 1.807) is 16.7 Å². The summed E-state index contributed by atoms with van der Waals surface area (Å²) in [6.45, 7) is 8.74. The number of aliphatic hydroxyl groups is 1. The van der Waals surface area contributed by atoms with Crippen molar-refractivity contribution in [2.75, 3.05) is 13.2 Å². The average Bonchev–Trinajstić information content (AvgIpc) is 3.40. The van der Waals surface area contributed by atoms with E-state index in [-0.39, 0.29) is 47.5 Å². The Morgan fingerprint density at radius 1 is 1.21 bits per heavy atom. The summed E-state index contributed by atoms with van der Waals surface area (Å²) in [6.07, 6.45) is 7.71. The highest BCUT2D eigenvalue weighted by Gasteiger charge is 2.76. The minimum absolute atomic E-state index is 0.0517. The second-order valence-corrected chi connectivity index (χ2v) is 12.9. The summed E-state index contributed by atoms with van der Waals surface area (Å²) in [4.78, 5) is 43.1. The number of carbonyl (C=O) groups is 3. The molecule has 1 aliphatic carbocycles. The molecular formula is C26H43N3O4S.